The van der Waals surface area contributed by atoms with Crippen LogP contribution in [0.4, 0.5) is 23.2 Å². The van der Waals surface area contributed by atoms with Crippen LogP contribution in [-0.4, -0.2) is 58.5 Å². The molecule has 0 bridgehead atoms. The maximum atomic E-state index is 15.0. The zero-order valence-corrected chi connectivity index (χ0v) is 29.9. The Hall–Kier alpha value is -3.23. The number of hydrogen-bond donors (Lipinski definition) is 1. The van der Waals surface area contributed by atoms with Gasteiger partial charge in [0.25, 0.3) is 0 Å². The predicted molar refractivity (Wildman–Crippen MR) is 188 cm³/mol. The normalized spacial score (nSPS) is 14.8. The van der Waals surface area contributed by atoms with Crippen molar-refractivity contribution in [1.82, 2.24) is 9.88 Å². The number of hydrogen-bond acceptors (Lipinski definition) is 8. The minimum Gasteiger partial charge on any atom is -0.493 e. The SMILES string of the molecule is CC(C)(Sc1ccc(OCc2sc(-c3ccc(C(F)(F)F)cc3)nc2CN2CCN(c3ccc4c(c3)CCO4)CC2)c(F)c1)C(=O)O.Cl.Cl. The Bertz CT molecular complexity index is 1770. The average Bonchev–Trinajstić information content (AvgIpc) is 3.67. The molecule has 1 aromatic heterocycles. The number of nitrogens with zero attached hydrogens (tertiary/aromatic N) is 3. The van der Waals surface area contributed by atoms with E-state index in [4.69, 9.17) is 14.5 Å². The third-order valence-corrected chi connectivity index (χ3v) is 10.5. The van der Waals surface area contributed by atoms with Crippen molar-refractivity contribution in [3.05, 3.63) is 88.2 Å². The highest BCUT2D eigenvalue weighted by atomic mass is 35.5. The molecular formula is C34H35Cl2F4N3O4S2. The van der Waals surface area contributed by atoms with Gasteiger partial charge in [0.1, 0.15) is 22.1 Å². The molecule has 2 aliphatic heterocycles. The van der Waals surface area contributed by atoms with Gasteiger partial charge in [-0.15, -0.1) is 47.9 Å². The number of alkyl halides is 3. The molecule has 6 rings (SSSR count). The molecule has 0 atom stereocenters. The lowest BCUT2D eigenvalue weighted by atomic mass is 10.1. The highest BCUT2D eigenvalue weighted by Crippen LogP contribution is 2.37. The first-order valence-corrected chi connectivity index (χ1v) is 16.7. The van der Waals surface area contributed by atoms with E-state index in [2.05, 4.69) is 21.9 Å². The Morgan fingerprint density at radius 1 is 1.02 bits per heavy atom. The molecule has 0 spiro atoms. The number of ether oxygens (including phenoxy) is 2. The van der Waals surface area contributed by atoms with E-state index in [-0.39, 0.29) is 37.2 Å². The standard InChI is InChI=1S/C34H33F4N3O4S2.2ClH/c1-33(2,32(42)43)47-25-8-10-29(26(35)18-25)45-20-30-27(39-31(46-30)21-3-5-23(6-4-21)34(36,37)38)19-40-12-14-41(15-13-40)24-7-9-28-22(17-24)11-16-44-28;;/h3-10,17-18H,11-16,19-20H2,1-2H3,(H,42,43);2*1H. The van der Waals surface area contributed by atoms with Crippen LogP contribution in [-0.2, 0) is 30.5 Å². The van der Waals surface area contributed by atoms with E-state index in [0.717, 1.165) is 72.8 Å². The molecular weight excluding hydrogens is 725 g/mol. The summed E-state index contributed by atoms with van der Waals surface area (Å²) in [6, 6.07) is 15.5. The Labute approximate surface area is 302 Å². The molecule has 0 aliphatic carbocycles. The lowest BCUT2D eigenvalue weighted by molar-refractivity contribution is -0.139. The molecule has 1 fully saturated rings. The average molecular weight is 761 g/mol. The largest absolute Gasteiger partial charge is 0.493 e. The third kappa shape index (κ3) is 9.12. The van der Waals surface area contributed by atoms with E-state index in [1.54, 1.807) is 19.9 Å². The number of piperazine rings is 1. The van der Waals surface area contributed by atoms with Gasteiger partial charge in [-0.2, -0.15) is 13.2 Å². The second-order valence-corrected chi connectivity index (χ2v) is 14.7. The monoisotopic (exact) mass is 759 g/mol. The van der Waals surface area contributed by atoms with Crippen molar-refractivity contribution >= 4 is 59.6 Å². The van der Waals surface area contributed by atoms with Gasteiger partial charge < -0.3 is 19.5 Å². The first kappa shape index (κ1) is 38.6. The topological polar surface area (TPSA) is 75.1 Å². The second-order valence-electron chi connectivity index (χ2n) is 11.9. The van der Waals surface area contributed by atoms with Gasteiger partial charge >= 0.3 is 12.1 Å². The number of carbonyl (C=O) groups is 1. The van der Waals surface area contributed by atoms with E-state index in [1.807, 2.05) is 6.07 Å². The van der Waals surface area contributed by atoms with Crippen molar-refractivity contribution in [3.63, 3.8) is 0 Å². The number of aliphatic carboxylic acids is 1. The molecule has 15 heteroatoms. The van der Waals surface area contributed by atoms with Crippen LogP contribution in [0.1, 0.15) is 35.5 Å². The smallest absolute Gasteiger partial charge is 0.416 e. The maximum Gasteiger partial charge on any atom is 0.416 e. The van der Waals surface area contributed by atoms with Crippen molar-refractivity contribution in [2.24, 2.45) is 0 Å². The van der Waals surface area contributed by atoms with E-state index < -0.39 is 28.3 Å². The number of anilines is 1. The summed E-state index contributed by atoms with van der Waals surface area (Å²) < 4.78 is 65.0. The first-order chi connectivity index (χ1) is 22.4. The van der Waals surface area contributed by atoms with Crippen molar-refractivity contribution < 1.29 is 36.9 Å². The summed E-state index contributed by atoms with van der Waals surface area (Å²) in [6.45, 7) is 7.50. The Kier molecular flexibility index (Phi) is 12.4. The van der Waals surface area contributed by atoms with Crippen LogP contribution in [0.3, 0.4) is 0 Å². The molecule has 4 aromatic rings. The lowest BCUT2D eigenvalue weighted by Crippen LogP contribution is -2.46. The Morgan fingerprint density at radius 3 is 2.39 bits per heavy atom. The minimum absolute atomic E-state index is 0. The summed E-state index contributed by atoms with van der Waals surface area (Å²) in [5.74, 6) is -0.679. The van der Waals surface area contributed by atoms with Crippen LogP contribution in [0.2, 0.25) is 0 Å². The Morgan fingerprint density at radius 2 is 1.73 bits per heavy atom. The van der Waals surface area contributed by atoms with E-state index in [0.29, 0.717) is 28.6 Å². The summed E-state index contributed by atoms with van der Waals surface area (Å²) in [7, 11) is 0. The summed E-state index contributed by atoms with van der Waals surface area (Å²) >= 11 is 2.34. The molecule has 1 saturated heterocycles. The van der Waals surface area contributed by atoms with Crippen molar-refractivity contribution in [1.29, 1.82) is 0 Å². The number of carboxylic acid groups (broad SMARTS) is 1. The van der Waals surface area contributed by atoms with Crippen molar-refractivity contribution in [3.8, 4) is 22.1 Å². The van der Waals surface area contributed by atoms with Crippen LogP contribution in [0.5, 0.6) is 11.5 Å². The molecule has 264 valence electrons. The molecule has 49 heavy (non-hydrogen) atoms. The van der Waals surface area contributed by atoms with Gasteiger partial charge in [0, 0.05) is 55.3 Å². The molecule has 3 heterocycles. The molecule has 0 saturated carbocycles. The highest BCUT2D eigenvalue weighted by molar-refractivity contribution is 8.01. The molecule has 1 N–H and O–H groups in total. The molecule has 3 aromatic carbocycles. The predicted octanol–water partition coefficient (Wildman–Crippen LogP) is 8.60. The summed E-state index contributed by atoms with van der Waals surface area (Å²) in [5, 5.41) is 9.96. The molecule has 7 nitrogen and oxygen atoms in total. The minimum atomic E-state index is -4.44. The third-order valence-electron chi connectivity index (χ3n) is 8.17. The van der Waals surface area contributed by atoms with Crippen LogP contribution in [0, 0.1) is 5.82 Å². The molecule has 0 amide bonds. The number of rotatable bonds is 10. The van der Waals surface area contributed by atoms with E-state index in [1.165, 1.54) is 46.9 Å². The maximum absolute atomic E-state index is 15.0. The van der Waals surface area contributed by atoms with Gasteiger partial charge in [-0.05, 0) is 67.9 Å². The Balaban J connectivity index is 0.00000270. The lowest BCUT2D eigenvalue weighted by Gasteiger charge is -2.36. The highest BCUT2D eigenvalue weighted by Gasteiger charge is 2.31. The van der Waals surface area contributed by atoms with Crippen LogP contribution in [0.25, 0.3) is 10.6 Å². The zero-order valence-electron chi connectivity index (χ0n) is 26.6. The molecule has 2 aliphatic rings. The quantitative estimate of drug-likeness (QED) is 0.127. The zero-order chi connectivity index (χ0) is 33.3. The molecule has 0 radical (unpaired) electrons. The van der Waals surface area contributed by atoms with Gasteiger partial charge in [0.2, 0.25) is 0 Å². The number of halogens is 6. The summed E-state index contributed by atoms with van der Waals surface area (Å²) in [4.78, 5) is 22.1. The molecule has 0 unspecified atom stereocenters. The second kappa shape index (κ2) is 15.8. The number of benzene rings is 3. The number of aromatic nitrogens is 1. The van der Waals surface area contributed by atoms with Crippen molar-refractivity contribution in [2.75, 3.05) is 37.7 Å². The number of thiazole rings is 1. The number of carboxylic acids is 1. The first-order valence-electron chi connectivity index (χ1n) is 15.1. The summed E-state index contributed by atoms with van der Waals surface area (Å²) in [5.41, 5.74) is 2.93. The van der Waals surface area contributed by atoms with E-state index in [9.17, 15) is 23.1 Å². The number of fused-ring (bicyclic) bond motifs is 1. The van der Waals surface area contributed by atoms with Crippen LogP contribution < -0.4 is 14.4 Å². The number of thioether (sulfide) groups is 1. The fraction of sp³-hybridized carbons (Fsp3) is 0.353. The fourth-order valence-corrected chi connectivity index (χ4v) is 7.40. The van der Waals surface area contributed by atoms with Gasteiger partial charge in [-0.3, -0.25) is 9.69 Å². The van der Waals surface area contributed by atoms with Gasteiger partial charge in [0.05, 0.1) is 22.7 Å². The van der Waals surface area contributed by atoms with Crippen LogP contribution in [0.15, 0.2) is 65.6 Å². The summed E-state index contributed by atoms with van der Waals surface area (Å²) in [6.07, 6.45) is -3.53. The van der Waals surface area contributed by atoms with E-state index >= 15 is 4.39 Å². The van der Waals surface area contributed by atoms with Crippen molar-refractivity contribution in [2.45, 2.75) is 49.2 Å². The van der Waals surface area contributed by atoms with Gasteiger partial charge in [-0.25, -0.2) is 9.37 Å². The van der Waals surface area contributed by atoms with Gasteiger partial charge in [0.15, 0.2) is 11.6 Å². The van der Waals surface area contributed by atoms with Crippen LogP contribution >= 0.6 is 47.9 Å². The van der Waals surface area contributed by atoms with Gasteiger partial charge in [-0.1, -0.05) is 12.1 Å². The fourth-order valence-electron chi connectivity index (χ4n) is 5.43.